The lowest BCUT2D eigenvalue weighted by Gasteiger charge is -1.94. The SMILES string of the molecule is CC(=O)Nc1[nH+]c2ccc(-c3nc4ccccc4[nH]3)cc2s1. The predicted molar refractivity (Wildman–Crippen MR) is 87.8 cm³/mol. The van der Waals surface area contributed by atoms with Crippen molar-refractivity contribution in [3.8, 4) is 11.4 Å². The van der Waals surface area contributed by atoms with Crippen molar-refractivity contribution < 1.29 is 9.78 Å². The molecule has 3 N–H and O–H groups in total. The number of aromatic nitrogens is 3. The van der Waals surface area contributed by atoms with E-state index in [0.717, 1.165) is 37.8 Å². The first kappa shape index (κ1) is 13.0. The van der Waals surface area contributed by atoms with Crippen molar-refractivity contribution in [1.82, 2.24) is 9.97 Å². The van der Waals surface area contributed by atoms with Gasteiger partial charge in [0.05, 0.1) is 15.7 Å². The number of imidazole rings is 1. The van der Waals surface area contributed by atoms with E-state index in [1.165, 1.54) is 18.3 Å². The van der Waals surface area contributed by atoms with Gasteiger partial charge in [0.2, 0.25) is 0 Å². The van der Waals surface area contributed by atoms with Gasteiger partial charge in [-0.2, -0.15) is 0 Å². The van der Waals surface area contributed by atoms with Crippen LogP contribution in [0.3, 0.4) is 0 Å². The Balaban J connectivity index is 1.79. The van der Waals surface area contributed by atoms with Crippen molar-refractivity contribution in [2.24, 2.45) is 0 Å². The fraction of sp³-hybridized carbons (Fsp3) is 0.0625. The van der Waals surface area contributed by atoms with Crippen molar-refractivity contribution in [2.45, 2.75) is 6.92 Å². The van der Waals surface area contributed by atoms with E-state index in [4.69, 9.17) is 0 Å². The molecular formula is C16H13N4OS+. The van der Waals surface area contributed by atoms with Gasteiger partial charge in [0, 0.05) is 12.5 Å². The molecule has 2 heterocycles. The third-order valence-electron chi connectivity index (χ3n) is 3.39. The summed E-state index contributed by atoms with van der Waals surface area (Å²) in [6.07, 6.45) is 0. The summed E-state index contributed by atoms with van der Waals surface area (Å²) in [5, 5.41) is 3.52. The fourth-order valence-corrected chi connectivity index (χ4v) is 3.41. The van der Waals surface area contributed by atoms with Crippen LogP contribution in [0.15, 0.2) is 42.5 Å². The molecule has 0 atom stereocenters. The molecule has 1 amide bonds. The van der Waals surface area contributed by atoms with Gasteiger partial charge in [-0.3, -0.25) is 0 Å². The maximum absolute atomic E-state index is 11.1. The molecule has 0 saturated heterocycles. The number of hydrogen-bond donors (Lipinski definition) is 2. The highest BCUT2D eigenvalue weighted by molar-refractivity contribution is 7.21. The van der Waals surface area contributed by atoms with E-state index < -0.39 is 0 Å². The highest BCUT2D eigenvalue weighted by Crippen LogP contribution is 2.27. The number of aromatic amines is 2. The van der Waals surface area contributed by atoms with Gasteiger partial charge in [-0.05, 0) is 41.7 Å². The average molecular weight is 309 g/mol. The summed E-state index contributed by atoms with van der Waals surface area (Å²) in [4.78, 5) is 22.3. The third-order valence-corrected chi connectivity index (χ3v) is 4.36. The molecule has 0 aliphatic rings. The molecule has 0 unspecified atom stereocenters. The van der Waals surface area contributed by atoms with Crippen LogP contribution in [-0.4, -0.2) is 15.9 Å². The third kappa shape index (κ3) is 2.23. The lowest BCUT2D eigenvalue weighted by atomic mass is 10.2. The van der Waals surface area contributed by atoms with E-state index >= 15 is 0 Å². The predicted octanol–water partition coefficient (Wildman–Crippen LogP) is 3.22. The number of carbonyl (C=O) groups excluding carboxylic acids is 1. The molecule has 22 heavy (non-hydrogen) atoms. The summed E-state index contributed by atoms with van der Waals surface area (Å²) in [6.45, 7) is 1.50. The van der Waals surface area contributed by atoms with Crippen LogP contribution in [-0.2, 0) is 4.79 Å². The van der Waals surface area contributed by atoms with E-state index in [1.54, 1.807) is 0 Å². The second-order valence-corrected chi connectivity index (χ2v) is 6.10. The van der Waals surface area contributed by atoms with Gasteiger partial charge >= 0.3 is 11.0 Å². The second-order valence-electron chi connectivity index (χ2n) is 5.05. The number of nitrogens with zero attached hydrogens (tertiary/aromatic N) is 1. The van der Waals surface area contributed by atoms with Crippen molar-refractivity contribution >= 4 is 43.6 Å². The van der Waals surface area contributed by atoms with E-state index in [1.807, 2.05) is 36.4 Å². The topological polar surface area (TPSA) is 71.9 Å². The van der Waals surface area contributed by atoms with Gasteiger partial charge in [-0.25, -0.2) is 20.1 Å². The van der Waals surface area contributed by atoms with E-state index in [-0.39, 0.29) is 5.91 Å². The number of H-pyrrole nitrogens is 2. The van der Waals surface area contributed by atoms with Crippen LogP contribution in [0.25, 0.3) is 32.6 Å². The van der Waals surface area contributed by atoms with Crippen molar-refractivity contribution in [3.05, 3.63) is 42.5 Å². The van der Waals surface area contributed by atoms with Gasteiger partial charge in [0.25, 0.3) is 0 Å². The fourth-order valence-electron chi connectivity index (χ4n) is 2.42. The Kier molecular flexibility index (Phi) is 2.90. The Hall–Kier alpha value is -2.73. The lowest BCUT2D eigenvalue weighted by molar-refractivity contribution is -0.321. The number of amides is 1. The van der Waals surface area contributed by atoms with Crippen molar-refractivity contribution in [1.29, 1.82) is 0 Å². The smallest absolute Gasteiger partial charge is 0.338 e. The van der Waals surface area contributed by atoms with E-state index in [2.05, 4.69) is 26.3 Å². The number of para-hydroxylation sites is 2. The number of fused-ring (bicyclic) bond motifs is 2. The van der Waals surface area contributed by atoms with Gasteiger partial charge < -0.3 is 4.98 Å². The zero-order chi connectivity index (χ0) is 15.1. The van der Waals surface area contributed by atoms with Gasteiger partial charge in [0.15, 0.2) is 0 Å². The largest absolute Gasteiger partial charge is 0.340 e. The minimum Gasteiger partial charge on any atom is -0.338 e. The summed E-state index contributed by atoms with van der Waals surface area (Å²) in [5.74, 6) is 0.762. The summed E-state index contributed by atoms with van der Waals surface area (Å²) in [6, 6.07) is 14.0. The highest BCUT2D eigenvalue weighted by Gasteiger charge is 2.13. The minimum atomic E-state index is -0.0830. The molecule has 0 radical (unpaired) electrons. The van der Waals surface area contributed by atoms with Crippen LogP contribution in [0.2, 0.25) is 0 Å². The van der Waals surface area contributed by atoms with Gasteiger partial charge in [-0.1, -0.05) is 12.1 Å². The zero-order valence-corrected chi connectivity index (χ0v) is 12.6. The van der Waals surface area contributed by atoms with Crippen LogP contribution in [0.4, 0.5) is 5.13 Å². The molecule has 5 nitrogen and oxygen atoms in total. The van der Waals surface area contributed by atoms with E-state index in [9.17, 15) is 4.79 Å². The molecule has 2 aromatic heterocycles. The van der Waals surface area contributed by atoms with Crippen LogP contribution >= 0.6 is 11.3 Å². The maximum atomic E-state index is 11.1. The molecule has 0 aliphatic heterocycles. The number of benzene rings is 2. The average Bonchev–Trinajstić information content (AvgIpc) is 3.08. The number of hydrogen-bond acceptors (Lipinski definition) is 3. The number of rotatable bonds is 2. The Morgan fingerprint density at radius 3 is 2.95 bits per heavy atom. The van der Waals surface area contributed by atoms with Crippen LogP contribution in [0, 0.1) is 0 Å². The number of thiazole rings is 1. The van der Waals surface area contributed by atoms with Gasteiger partial charge in [0.1, 0.15) is 11.3 Å². The molecule has 0 bridgehead atoms. The molecule has 0 spiro atoms. The molecule has 0 aliphatic carbocycles. The minimum absolute atomic E-state index is 0.0830. The first-order valence-electron chi connectivity index (χ1n) is 6.87. The molecule has 6 heteroatoms. The van der Waals surface area contributed by atoms with Crippen molar-refractivity contribution in [2.75, 3.05) is 5.32 Å². The Morgan fingerprint density at radius 2 is 2.14 bits per heavy atom. The number of nitrogens with one attached hydrogen (secondary N) is 3. The Labute approximate surface area is 130 Å². The monoisotopic (exact) mass is 309 g/mol. The van der Waals surface area contributed by atoms with Crippen LogP contribution in [0.5, 0.6) is 0 Å². The normalized spacial score (nSPS) is 11.1. The Morgan fingerprint density at radius 1 is 1.27 bits per heavy atom. The standard InChI is InChI=1S/C16H12N4OS/c1-9(21)17-16-20-13-7-6-10(8-14(13)22-16)15-18-11-4-2-3-5-12(11)19-15/h2-8H,1H3,(H,18,19)(H,17,20,21)/p+1. The maximum Gasteiger partial charge on any atom is 0.340 e. The molecule has 4 aromatic rings. The Bertz CT molecular complexity index is 969. The molecule has 0 saturated carbocycles. The summed E-state index contributed by atoms with van der Waals surface area (Å²) >= 11 is 1.51. The molecule has 4 rings (SSSR count). The second kappa shape index (κ2) is 4.92. The first-order chi connectivity index (χ1) is 10.7. The number of anilines is 1. The van der Waals surface area contributed by atoms with E-state index in [0.29, 0.717) is 0 Å². The van der Waals surface area contributed by atoms with Gasteiger partial charge in [-0.15, -0.1) is 0 Å². The molecule has 0 fully saturated rings. The quantitative estimate of drug-likeness (QED) is 0.597. The first-order valence-corrected chi connectivity index (χ1v) is 7.69. The lowest BCUT2D eigenvalue weighted by Crippen LogP contribution is -2.12. The summed E-state index contributed by atoms with van der Waals surface area (Å²) in [5.41, 5.74) is 3.99. The van der Waals surface area contributed by atoms with Crippen LogP contribution < -0.4 is 10.3 Å². The number of carbonyl (C=O) groups is 1. The summed E-state index contributed by atoms with van der Waals surface area (Å²) < 4.78 is 1.07. The van der Waals surface area contributed by atoms with Crippen molar-refractivity contribution in [3.63, 3.8) is 0 Å². The molecule has 108 valence electrons. The molecule has 2 aromatic carbocycles. The van der Waals surface area contributed by atoms with Crippen LogP contribution in [0.1, 0.15) is 6.92 Å². The summed E-state index contributed by atoms with van der Waals surface area (Å²) in [7, 11) is 0. The highest BCUT2D eigenvalue weighted by atomic mass is 32.1. The zero-order valence-electron chi connectivity index (χ0n) is 11.8. The molecular weight excluding hydrogens is 296 g/mol.